The van der Waals surface area contributed by atoms with Crippen LogP contribution in [0, 0.1) is 35.0 Å². The van der Waals surface area contributed by atoms with Crippen LogP contribution >= 0.6 is 0 Å². The molecule has 344 valence electrons. The van der Waals surface area contributed by atoms with Gasteiger partial charge in [-0.1, -0.05) is 81.1 Å². The Morgan fingerprint density at radius 3 is 2.08 bits per heavy atom. The van der Waals surface area contributed by atoms with E-state index in [9.17, 15) is 38.7 Å². The van der Waals surface area contributed by atoms with Crippen molar-refractivity contribution in [2.24, 2.45) is 40.7 Å². The Balaban J connectivity index is 1.48. The van der Waals surface area contributed by atoms with Crippen LogP contribution < -0.4 is 27.0 Å². The van der Waals surface area contributed by atoms with Gasteiger partial charge in [-0.05, 0) is 80.5 Å². The Hall–Kier alpha value is -3.77. The molecule has 8 N–H and O–H groups in total. The molecule has 0 radical (unpaired) electrons. The summed E-state index contributed by atoms with van der Waals surface area (Å²) in [6.07, 6.45) is 6.17. The van der Waals surface area contributed by atoms with Gasteiger partial charge >= 0.3 is 19.1 Å². The molecule has 0 aromatic rings. The summed E-state index contributed by atoms with van der Waals surface area (Å²) in [4.78, 5) is 92.8. The number of nitrogens with one attached hydrogen (secondary N) is 4. The van der Waals surface area contributed by atoms with Gasteiger partial charge in [-0.25, -0.2) is 0 Å². The molecule has 0 spiro atoms. The number of nitrogens with zero attached hydrogens (tertiary/aromatic N) is 1. The van der Waals surface area contributed by atoms with E-state index in [0.29, 0.717) is 43.6 Å². The molecule has 61 heavy (non-hydrogen) atoms. The van der Waals surface area contributed by atoms with Gasteiger partial charge in [-0.2, -0.15) is 0 Å². The number of hydrogen-bond acceptors (Lipinski definition) is 10. The van der Waals surface area contributed by atoms with Crippen molar-refractivity contribution >= 4 is 48.6 Å². The summed E-state index contributed by atoms with van der Waals surface area (Å²) in [5.74, 6) is -5.96. The van der Waals surface area contributed by atoms with Crippen LogP contribution in [0.25, 0.3) is 0 Å². The molecule has 5 amide bonds. The normalized spacial score (nSPS) is 26.9. The molecule has 5 rings (SSSR count). The third-order valence-corrected chi connectivity index (χ3v) is 14.1. The van der Waals surface area contributed by atoms with Crippen LogP contribution in [0.5, 0.6) is 0 Å². The van der Waals surface area contributed by atoms with E-state index in [1.807, 2.05) is 0 Å². The van der Waals surface area contributed by atoms with E-state index in [0.717, 1.165) is 38.5 Å². The third-order valence-electron chi connectivity index (χ3n) is 14.1. The van der Waals surface area contributed by atoms with Crippen LogP contribution in [0.3, 0.4) is 0 Å². The lowest BCUT2D eigenvalue weighted by molar-refractivity contribution is -0.199. The summed E-state index contributed by atoms with van der Waals surface area (Å²) < 4.78 is 13.6. The van der Waals surface area contributed by atoms with Gasteiger partial charge in [0, 0.05) is 13.0 Å². The molecule has 3 aliphatic carbocycles. The van der Waals surface area contributed by atoms with Crippen molar-refractivity contribution in [3.8, 4) is 0 Å². The van der Waals surface area contributed by atoms with Crippen LogP contribution in [-0.4, -0.2) is 118 Å². The first-order chi connectivity index (χ1) is 28.5. The SMILES string of the molecule is CCCCC(CC)C[C@@H](NC(=O)[C@@H]1CCCN1C(=O)[C@@H](NC(=O)[C@@H](NC(=O)[C@H](CCC(=O)O)NC(=O)[C@@H](N)CC(=O)O)C(C)C)C(C)C)B1O[C@H]2C[C@@H]3C[C@@H](C3(C)C)[C@@]2(C)O1. The molecule has 1 unspecified atom stereocenters. The monoisotopic (exact) mass is 861 g/mol. The van der Waals surface area contributed by atoms with E-state index in [-0.39, 0.29) is 23.8 Å². The van der Waals surface area contributed by atoms with Crippen molar-refractivity contribution in [1.82, 2.24) is 26.2 Å². The number of carbonyl (C=O) groups is 7. The molecule has 3 saturated carbocycles. The van der Waals surface area contributed by atoms with Crippen LogP contribution in [0.2, 0.25) is 0 Å². The average Bonchev–Trinajstić information content (AvgIpc) is 3.82. The van der Waals surface area contributed by atoms with E-state index in [1.165, 1.54) is 4.90 Å². The molecule has 5 aliphatic rings. The summed E-state index contributed by atoms with van der Waals surface area (Å²) in [6, 6.07) is -6.02. The van der Waals surface area contributed by atoms with E-state index >= 15 is 0 Å². The number of unbranched alkanes of at least 4 members (excludes halogenated alkanes) is 1. The fourth-order valence-corrected chi connectivity index (χ4v) is 10.1. The molecule has 18 heteroatoms. The van der Waals surface area contributed by atoms with Crippen molar-refractivity contribution in [2.45, 2.75) is 187 Å². The fraction of sp³-hybridized carbons (Fsp3) is 0.837. The maximum atomic E-state index is 14.4. The first-order valence-electron chi connectivity index (χ1n) is 22.6. The Bertz CT molecular complexity index is 1610. The molecule has 2 bridgehead atoms. The standard InChI is InChI=1S/C43H73BN6O11/c1-10-12-14-25(11-2)19-32(44-60-31-21-26-20-30(42(26,7)8)43(31,9)61-44)47-39(57)29-15-13-18-50(29)41(59)36(24(5)6)49-40(58)35(23(3)4)48-38(56)28(16-17-33(51)52)46-37(55)27(45)22-34(53)54/h23-32,35-36H,10-22,45H2,1-9H3,(H,46,55)(H,47,57)(H,48,56)(H,49,58)(H,51,52)(H,53,54)/t25?,26-,27-,28-,29-,30-,31-,32+,35-,36-,43+/m0/s1. The van der Waals surface area contributed by atoms with Crippen LogP contribution in [0.15, 0.2) is 0 Å². The lowest BCUT2D eigenvalue weighted by atomic mass is 9.43. The summed E-state index contributed by atoms with van der Waals surface area (Å²) in [5.41, 5.74) is 5.37. The van der Waals surface area contributed by atoms with Crippen molar-refractivity contribution in [1.29, 1.82) is 0 Å². The maximum absolute atomic E-state index is 14.4. The smallest absolute Gasteiger partial charge is 0.481 e. The van der Waals surface area contributed by atoms with Gasteiger partial charge in [0.2, 0.25) is 29.5 Å². The number of carbonyl (C=O) groups excluding carboxylic acids is 5. The lowest BCUT2D eigenvalue weighted by Crippen LogP contribution is -2.65. The molecule has 11 atom stereocenters. The van der Waals surface area contributed by atoms with Gasteiger partial charge in [-0.15, -0.1) is 0 Å². The number of carboxylic acids is 2. The number of rotatable bonds is 23. The number of aliphatic carboxylic acids is 2. The Labute approximate surface area is 361 Å². The van der Waals surface area contributed by atoms with Crippen molar-refractivity contribution in [2.75, 3.05) is 6.54 Å². The minimum absolute atomic E-state index is 0.0553. The summed E-state index contributed by atoms with van der Waals surface area (Å²) >= 11 is 0. The van der Waals surface area contributed by atoms with E-state index in [1.54, 1.807) is 27.7 Å². The summed E-state index contributed by atoms with van der Waals surface area (Å²) in [5, 5.41) is 29.3. The second-order valence-corrected chi connectivity index (χ2v) is 19.5. The van der Waals surface area contributed by atoms with Gasteiger partial charge in [0.1, 0.15) is 24.2 Å². The number of likely N-dealkylation sites (tertiary alicyclic amines) is 1. The van der Waals surface area contributed by atoms with Crippen molar-refractivity contribution < 1.29 is 53.1 Å². The zero-order valence-electron chi connectivity index (χ0n) is 37.8. The van der Waals surface area contributed by atoms with Gasteiger partial charge in [-0.3, -0.25) is 33.6 Å². The second kappa shape index (κ2) is 21.1. The molecule has 2 aliphatic heterocycles. The zero-order chi connectivity index (χ0) is 45.6. The quantitative estimate of drug-likeness (QED) is 0.0733. The molecule has 5 fully saturated rings. The topological polar surface area (TPSA) is 256 Å². The highest BCUT2D eigenvalue weighted by molar-refractivity contribution is 6.48. The third kappa shape index (κ3) is 11.8. The Morgan fingerprint density at radius 1 is 0.852 bits per heavy atom. The average molecular weight is 861 g/mol. The molecular formula is C43H73BN6O11. The van der Waals surface area contributed by atoms with Gasteiger partial charge in [0.25, 0.3) is 0 Å². The first kappa shape index (κ1) is 49.9. The van der Waals surface area contributed by atoms with Crippen molar-refractivity contribution in [3.05, 3.63) is 0 Å². The van der Waals surface area contributed by atoms with Gasteiger partial charge < -0.3 is 51.4 Å². The molecule has 2 saturated heterocycles. The molecular weight excluding hydrogens is 787 g/mol. The largest absolute Gasteiger partial charge is 0.481 e. The number of amides is 5. The number of carboxylic acid groups (broad SMARTS) is 2. The molecule has 2 heterocycles. The number of hydrogen-bond donors (Lipinski definition) is 7. The Morgan fingerprint density at radius 2 is 1.51 bits per heavy atom. The van der Waals surface area contributed by atoms with E-state index in [4.69, 9.17) is 20.1 Å². The van der Waals surface area contributed by atoms with E-state index in [2.05, 4.69) is 55.9 Å². The Kier molecular flexibility index (Phi) is 17.2. The van der Waals surface area contributed by atoms with Crippen LogP contribution in [-0.2, 0) is 42.9 Å². The minimum Gasteiger partial charge on any atom is -0.481 e. The van der Waals surface area contributed by atoms with Crippen LogP contribution in [0.4, 0.5) is 0 Å². The number of nitrogens with two attached hydrogens (primary N) is 1. The van der Waals surface area contributed by atoms with E-state index < -0.39 is 109 Å². The zero-order valence-corrected chi connectivity index (χ0v) is 37.8. The highest BCUT2D eigenvalue weighted by atomic mass is 16.7. The van der Waals surface area contributed by atoms with Crippen molar-refractivity contribution in [3.63, 3.8) is 0 Å². The maximum Gasteiger partial charge on any atom is 0.481 e. The molecule has 17 nitrogen and oxygen atoms in total. The molecule has 0 aromatic carbocycles. The highest BCUT2D eigenvalue weighted by Gasteiger charge is 2.68. The predicted molar refractivity (Wildman–Crippen MR) is 227 cm³/mol. The van der Waals surface area contributed by atoms with Gasteiger partial charge in [0.05, 0.1) is 30.1 Å². The fourth-order valence-electron chi connectivity index (χ4n) is 10.1. The highest BCUT2D eigenvalue weighted by Crippen LogP contribution is 2.65. The summed E-state index contributed by atoms with van der Waals surface area (Å²) in [6.45, 7) is 18.3. The minimum atomic E-state index is -1.50. The first-order valence-corrected chi connectivity index (χ1v) is 22.6. The summed E-state index contributed by atoms with van der Waals surface area (Å²) in [7, 11) is -0.625. The van der Waals surface area contributed by atoms with Crippen LogP contribution in [0.1, 0.15) is 139 Å². The second-order valence-electron chi connectivity index (χ2n) is 19.5. The lowest BCUT2D eigenvalue weighted by Gasteiger charge is -2.64. The van der Waals surface area contributed by atoms with Gasteiger partial charge in [0.15, 0.2) is 0 Å². The molecule has 0 aromatic heterocycles. The predicted octanol–water partition coefficient (Wildman–Crippen LogP) is 2.77.